The minimum absolute atomic E-state index is 0.460. The van der Waals surface area contributed by atoms with Crippen LogP contribution in [0.5, 0.6) is 0 Å². The van der Waals surface area contributed by atoms with Gasteiger partial charge < -0.3 is 10.5 Å². The first-order valence-electron chi connectivity index (χ1n) is 9.32. The zero-order chi connectivity index (χ0) is 18.3. The first-order valence-corrected chi connectivity index (χ1v) is 9.32. The van der Waals surface area contributed by atoms with Gasteiger partial charge in [0.25, 0.3) is 5.91 Å². The Hall–Kier alpha value is -1.58. The molecule has 4 nitrogen and oxygen atoms in total. The predicted octanol–water partition coefficient (Wildman–Crippen LogP) is 4.83. The average molecular weight is 338 g/mol. The molecule has 0 aromatic carbocycles. The molecule has 138 valence electrons. The Morgan fingerprint density at radius 1 is 0.958 bits per heavy atom. The highest BCUT2D eigenvalue weighted by Gasteiger charge is 2.38. The summed E-state index contributed by atoms with van der Waals surface area (Å²) in [6, 6.07) is 0. The van der Waals surface area contributed by atoms with Gasteiger partial charge in [0.05, 0.1) is 0 Å². The lowest BCUT2D eigenvalue weighted by Gasteiger charge is -2.29. The van der Waals surface area contributed by atoms with E-state index in [9.17, 15) is 9.59 Å². The van der Waals surface area contributed by atoms with E-state index in [0.717, 1.165) is 44.6 Å². The standard InChI is InChI=1S/C20H35NO3/c1-4-7-8-9-10-11-12-13-14-15-17-20(16-5-2,19(21)23)24-18(22)6-3/h6,9-10H,3-5,7-8,11-17H2,1-2H3,(H2,21,23)/b10-9-. The lowest BCUT2D eigenvalue weighted by molar-refractivity contribution is -0.164. The van der Waals surface area contributed by atoms with Crippen molar-refractivity contribution in [2.45, 2.75) is 90.1 Å². The number of esters is 1. The first kappa shape index (κ1) is 22.4. The van der Waals surface area contributed by atoms with Crippen molar-refractivity contribution in [3.63, 3.8) is 0 Å². The van der Waals surface area contributed by atoms with Gasteiger partial charge in [-0.3, -0.25) is 4.79 Å². The summed E-state index contributed by atoms with van der Waals surface area (Å²) in [4.78, 5) is 23.4. The number of allylic oxidation sites excluding steroid dienone is 2. The molecule has 0 fully saturated rings. The number of unbranched alkanes of at least 4 members (excludes halogenated alkanes) is 6. The van der Waals surface area contributed by atoms with Crippen molar-refractivity contribution in [1.82, 2.24) is 0 Å². The molecular weight excluding hydrogens is 302 g/mol. The molecule has 0 aliphatic rings. The van der Waals surface area contributed by atoms with Crippen molar-refractivity contribution in [3.8, 4) is 0 Å². The lowest BCUT2D eigenvalue weighted by Crippen LogP contribution is -2.47. The molecule has 0 rings (SSSR count). The Morgan fingerprint density at radius 3 is 2.12 bits per heavy atom. The van der Waals surface area contributed by atoms with Crippen LogP contribution in [0.2, 0.25) is 0 Å². The van der Waals surface area contributed by atoms with Crippen molar-refractivity contribution in [2.75, 3.05) is 0 Å². The van der Waals surface area contributed by atoms with Crippen molar-refractivity contribution >= 4 is 11.9 Å². The third-order valence-corrected chi connectivity index (χ3v) is 4.16. The number of rotatable bonds is 15. The number of carbonyl (C=O) groups excluding carboxylic acids is 2. The van der Waals surface area contributed by atoms with E-state index in [0.29, 0.717) is 12.8 Å². The summed E-state index contributed by atoms with van der Waals surface area (Å²) in [5.74, 6) is -1.14. The average Bonchev–Trinajstić information content (AvgIpc) is 2.56. The molecule has 0 heterocycles. The van der Waals surface area contributed by atoms with Gasteiger partial charge in [0.15, 0.2) is 5.60 Å². The molecule has 0 aromatic rings. The number of primary amides is 1. The fraction of sp³-hybridized carbons (Fsp3) is 0.700. The van der Waals surface area contributed by atoms with Crippen molar-refractivity contribution in [3.05, 3.63) is 24.8 Å². The molecule has 4 heteroatoms. The normalized spacial score (nSPS) is 13.6. The van der Waals surface area contributed by atoms with Gasteiger partial charge in [-0.2, -0.15) is 0 Å². The van der Waals surface area contributed by atoms with Crippen molar-refractivity contribution in [2.24, 2.45) is 5.73 Å². The molecule has 0 radical (unpaired) electrons. The Morgan fingerprint density at radius 2 is 1.58 bits per heavy atom. The van der Waals surface area contributed by atoms with E-state index in [1.165, 1.54) is 19.3 Å². The molecule has 24 heavy (non-hydrogen) atoms. The summed E-state index contributed by atoms with van der Waals surface area (Å²) in [5.41, 5.74) is 4.34. The van der Waals surface area contributed by atoms with Crippen LogP contribution in [0.4, 0.5) is 0 Å². The Balaban J connectivity index is 4.18. The van der Waals surface area contributed by atoms with Gasteiger partial charge in [0, 0.05) is 6.08 Å². The van der Waals surface area contributed by atoms with Gasteiger partial charge in [-0.25, -0.2) is 4.79 Å². The molecule has 1 atom stereocenters. The second kappa shape index (κ2) is 13.8. The zero-order valence-electron chi connectivity index (χ0n) is 15.5. The molecule has 1 amide bonds. The van der Waals surface area contributed by atoms with Crippen LogP contribution in [0.25, 0.3) is 0 Å². The molecule has 0 aliphatic heterocycles. The van der Waals surface area contributed by atoms with Gasteiger partial charge in [-0.1, -0.05) is 64.7 Å². The van der Waals surface area contributed by atoms with Crippen LogP contribution in [-0.4, -0.2) is 17.5 Å². The second-order valence-electron chi connectivity index (χ2n) is 6.30. The number of hydrogen-bond donors (Lipinski definition) is 1. The van der Waals surface area contributed by atoms with E-state index in [1.807, 2.05) is 6.92 Å². The minimum atomic E-state index is -1.18. The van der Waals surface area contributed by atoms with Crippen molar-refractivity contribution in [1.29, 1.82) is 0 Å². The van der Waals surface area contributed by atoms with Gasteiger partial charge in [0.1, 0.15) is 0 Å². The quantitative estimate of drug-likeness (QED) is 0.201. The van der Waals surface area contributed by atoms with Gasteiger partial charge in [-0.05, 0) is 38.5 Å². The summed E-state index contributed by atoms with van der Waals surface area (Å²) in [5, 5.41) is 0. The molecule has 1 unspecified atom stereocenters. The SMILES string of the molecule is C=CC(=O)OC(CCC)(CCCCCC/C=C\CCCC)C(N)=O. The minimum Gasteiger partial charge on any atom is -0.446 e. The molecule has 0 saturated heterocycles. The van der Waals surface area contributed by atoms with Crippen LogP contribution in [0.3, 0.4) is 0 Å². The lowest BCUT2D eigenvalue weighted by atomic mass is 9.90. The van der Waals surface area contributed by atoms with Crippen LogP contribution in [0.1, 0.15) is 84.5 Å². The topological polar surface area (TPSA) is 69.4 Å². The third-order valence-electron chi connectivity index (χ3n) is 4.16. The molecule has 0 saturated carbocycles. The third kappa shape index (κ3) is 9.53. The first-order chi connectivity index (χ1) is 11.5. The molecule has 0 bridgehead atoms. The summed E-state index contributed by atoms with van der Waals surface area (Å²) in [7, 11) is 0. The number of hydrogen-bond acceptors (Lipinski definition) is 3. The maximum absolute atomic E-state index is 11.9. The predicted molar refractivity (Wildman–Crippen MR) is 99.5 cm³/mol. The van der Waals surface area contributed by atoms with E-state index in [2.05, 4.69) is 25.7 Å². The maximum atomic E-state index is 11.9. The number of amides is 1. The smallest absolute Gasteiger partial charge is 0.331 e. The summed E-state index contributed by atoms with van der Waals surface area (Å²) in [6.45, 7) is 7.54. The summed E-state index contributed by atoms with van der Waals surface area (Å²) < 4.78 is 5.33. The van der Waals surface area contributed by atoms with Crippen LogP contribution >= 0.6 is 0 Å². The molecule has 0 aliphatic carbocycles. The van der Waals surface area contributed by atoms with Gasteiger partial charge in [-0.15, -0.1) is 0 Å². The van der Waals surface area contributed by atoms with E-state index in [-0.39, 0.29) is 0 Å². The van der Waals surface area contributed by atoms with E-state index in [1.54, 1.807) is 0 Å². The fourth-order valence-electron chi connectivity index (χ4n) is 2.75. The number of nitrogens with two attached hydrogens (primary N) is 1. The number of carbonyl (C=O) groups is 2. The highest BCUT2D eigenvalue weighted by atomic mass is 16.6. The van der Waals surface area contributed by atoms with Gasteiger partial charge >= 0.3 is 5.97 Å². The molecular formula is C20H35NO3. The summed E-state index contributed by atoms with van der Waals surface area (Å²) in [6.07, 6.45) is 16.1. The van der Waals surface area contributed by atoms with Crippen LogP contribution in [-0.2, 0) is 14.3 Å². The zero-order valence-corrected chi connectivity index (χ0v) is 15.5. The maximum Gasteiger partial charge on any atom is 0.331 e. The van der Waals surface area contributed by atoms with Crippen LogP contribution in [0.15, 0.2) is 24.8 Å². The largest absolute Gasteiger partial charge is 0.446 e. The molecule has 0 aromatic heterocycles. The highest BCUT2D eigenvalue weighted by molar-refractivity contribution is 5.89. The highest BCUT2D eigenvalue weighted by Crippen LogP contribution is 2.26. The van der Waals surface area contributed by atoms with E-state index in [4.69, 9.17) is 10.5 Å². The fourth-order valence-corrected chi connectivity index (χ4v) is 2.75. The number of ether oxygens (including phenoxy) is 1. The second-order valence-corrected chi connectivity index (χ2v) is 6.30. The van der Waals surface area contributed by atoms with E-state index >= 15 is 0 Å². The van der Waals surface area contributed by atoms with Crippen molar-refractivity contribution < 1.29 is 14.3 Å². The Bertz CT molecular complexity index is 404. The van der Waals surface area contributed by atoms with Gasteiger partial charge in [0.2, 0.25) is 0 Å². The van der Waals surface area contributed by atoms with Crippen LogP contribution in [0, 0.1) is 0 Å². The Kier molecular flexibility index (Phi) is 12.9. The molecule has 2 N–H and O–H groups in total. The van der Waals surface area contributed by atoms with Crippen LogP contribution < -0.4 is 5.73 Å². The monoisotopic (exact) mass is 337 g/mol. The van der Waals surface area contributed by atoms with E-state index < -0.39 is 17.5 Å². The Labute approximate surface area is 147 Å². The molecule has 0 spiro atoms. The summed E-state index contributed by atoms with van der Waals surface area (Å²) >= 11 is 0.